The van der Waals surface area contributed by atoms with E-state index in [1.165, 1.54) is 0 Å². The van der Waals surface area contributed by atoms with Gasteiger partial charge in [0.25, 0.3) is 0 Å². The van der Waals surface area contributed by atoms with Gasteiger partial charge < -0.3 is 15.7 Å². The van der Waals surface area contributed by atoms with Crippen LogP contribution in [0.5, 0.6) is 0 Å². The highest BCUT2D eigenvalue weighted by molar-refractivity contribution is 5.85. The summed E-state index contributed by atoms with van der Waals surface area (Å²) >= 11 is 0. The topological polar surface area (TPSA) is 71.1 Å². The monoisotopic (exact) mass is 201 g/mol. The molecule has 5 nitrogen and oxygen atoms in total. The molecule has 0 amide bonds. The molecule has 0 aliphatic carbocycles. The Morgan fingerprint density at radius 1 is 1.71 bits per heavy atom. The van der Waals surface area contributed by atoms with Gasteiger partial charge in [-0.05, 0) is 25.8 Å². The highest BCUT2D eigenvalue weighted by atomic mass is 16.5. The van der Waals surface area contributed by atoms with Gasteiger partial charge in [-0.15, -0.1) is 0 Å². The summed E-state index contributed by atoms with van der Waals surface area (Å²) < 4.78 is 4.99. The largest absolute Gasteiger partial charge is 0.409 e. The van der Waals surface area contributed by atoms with E-state index in [1.54, 1.807) is 7.11 Å². The third-order valence-electron chi connectivity index (χ3n) is 2.61. The summed E-state index contributed by atoms with van der Waals surface area (Å²) in [6.07, 6.45) is 3.10. The second-order valence-corrected chi connectivity index (χ2v) is 3.57. The predicted molar refractivity (Wildman–Crippen MR) is 54.5 cm³/mol. The minimum absolute atomic E-state index is 0.122. The van der Waals surface area contributed by atoms with Gasteiger partial charge in [0.1, 0.15) is 0 Å². The predicted octanol–water partition coefficient (Wildman–Crippen LogP) is 0.234. The number of ether oxygens (including phenoxy) is 1. The Labute approximate surface area is 84.5 Å². The van der Waals surface area contributed by atoms with Crippen LogP contribution >= 0.6 is 0 Å². The summed E-state index contributed by atoms with van der Waals surface area (Å²) in [4.78, 5) is 2.24. The maximum absolute atomic E-state index is 8.60. The number of nitrogens with zero attached hydrogens (tertiary/aromatic N) is 2. The van der Waals surface area contributed by atoms with Crippen LogP contribution in [0.4, 0.5) is 0 Å². The molecule has 1 aliphatic rings. The lowest BCUT2D eigenvalue weighted by Gasteiger charge is -2.22. The van der Waals surface area contributed by atoms with Crippen molar-refractivity contribution in [1.29, 1.82) is 0 Å². The smallest absolute Gasteiger partial charge is 0.156 e. The Hall–Kier alpha value is -0.810. The van der Waals surface area contributed by atoms with E-state index < -0.39 is 0 Å². The molecule has 14 heavy (non-hydrogen) atoms. The molecule has 5 heteroatoms. The average molecular weight is 201 g/mol. The van der Waals surface area contributed by atoms with Crippen LogP contribution in [0.1, 0.15) is 19.3 Å². The van der Waals surface area contributed by atoms with Gasteiger partial charge in [-0.1, -0.05) is 5.16 Å². The molecule has 1 unspecified atom stereocenters. The number of rotatable bonds is 5. The fraction of sp³-hybridized carbons (Fsp3) is 0.889. The quantitative estimate of drug-likeness (QED) is 0.220. The third kappa shape index (κ3) is 2.85. The van der Waals surface area contributed by atoms with Crippen LogP contribution in [0, 0.1) is 0 Å². The van der Waals surface area contributed by atoms with Crippen LogP contribution < -0.4 is 5.73 Å². The number of hydrogen-bond donors (Lipinski definition) is 2. The zero-order valence-corrected chi connectivity index (χ0v) is 8.65. The number of likely N-dealkylation sites (tertiary alicyclic amines) is 1. The van der Waals surface area contributed by atoms with Gasteiger partial charge in [0.2, 0.25) is 0 Å². The van der Waals surface area contributed by atoms with E-state index in [1.807, 2.05) is 0 Å². The first-order valence-corrected chi connectivity index (χ1v) is 5.00. The minimum atomic E-state index is 0.122. The van der Waals surface area contributed by atoms with Crippen LogP contribution in [-0.4, -0.2) is 48.8 Å². The molecule has 1 heterocycles. The van der Waals surface area contributed by atoms with E-state index in [0.717, 1.165) is 39.0 Å². The molecule has 1 fully saturated rings. The summed E-state index contributed by atoms with van der Waals surface area (Å²) in [7, 11) is 1.70. The summed E-state index contributed by atoms with van der Waals surface area (Å²) in [5.74, 6) is 0.333. The molecule has 1 aliphatic heterocycles. The number of hydrogen-bond acceptors (Lipinski definition) is 4. The molecular weight excluding hydrogens is 182 g/mol. The maximum Gasteiger partial charge on any atom is 0.156 e. The van der Waals surface area contributed by atoms with Crippen molar-refractivity contribution in [3.8, 4) is 0 Å². The standard InChI is InChI=1S/C9H19N3O2/c1-14-7-3-6-12-5-2-4-8(12)9(10)11-13/h8,13H,2-7H2,1H3,(H2,10,11). The normalized spacial score (nSPS) is 24.4. The van der Waals surface area contributed by atoms with Crippen LogP contribution in [0.15, 0.2) is 5.16 Å². The molecule has 0 spiro atoms. The fourth-order valence-corrected chi connectivity index (χ4v) is 1.91. The molecule has 0 saturated carbocycles. The highest BCUT2D eigenvalue weighted by Gasteiger charge is 2.27. The number of methoxy groups -OCH3 is 1. The van der Waals surface area contributed by atoms with Gasteiger partial charge in [0, 0.05) is 20.3 Å². The molecule has 0 bridgehead atoms. The lowest BCUT2D eigenvalue weighted by molar-refractivity contribution is 0.174. The Bertz CT molecular complexity index is 196. The van der Waals surface area contributed by atoms with Gasteiger partial charge in [-0.3, -0.25) is 4.90 Å². The first-order chi connectivity index (χ1) is 6.79. The highest BCUT2D eigenvalue weighted by Crippen LogP contribution is 2.17. The lowest BCUT2D eigenvalue weighted by Crippen LogP contribution is -2.41. The second-order valence-electron chi connectivity index (χ2n) is 3.57. The maximum atomic E-state index is 8.60. The molecule has 1 atom stereocenters. The molecule has 0 aromatic heterocycles. The fourth-order valence-electron chi connectivity index (χ4n) is 1.91. The van der Waals surface area contributed by atoms with Crippen molar-refractivity contribution in [2.24, 2.45) is 10.9 Å². The Kier molecular flexibility index (Phi) is 4.69. The molecule has 0 aromatic carbocycles. The van der Waals surface area contributed by atoms with Gasteiger partial charge in [0.15, 0.2) is 5.84 Å². The zero-order valence-electron chi connectivity index (χ0n) is 8.65. The average Bonchev–Trinajstić information content (AvgIpc) is 2.65. The third-order valence-corrected chi connectivity index (χ3v) is 2.61. The molecule has 0 aromatic rings. The number of oxime groups is 1. The van der Waals surface area contributed by atoms with Crippen molar-refractivity contribution < 1.29 is 9.94 Å². The SMILES string of the molecule is COCCCN1CCCC1C(N)=NO. The summed E-state index contributed by atoms with van der Waals surface area (Å²) in [6.45, 7) is 2.75. The minimum Gasteiger partial charge on any atom is -0.409 e. The molecule has 0 radical (unpaired) electrons. The van der Waals surface area contributed by atoms with Gasteiger partial charge in [-0.25, -0.2) is 0 Å². The molecule has 1 rings (SSSR count). The van der Waals surface area contributed by atoms with Crippen LogP contribution in [0.2, 0.25) is 0 Å². The first kappa shape index (κ1) is 11.3. The van der Waals surface area contributed by atoms with Crippen LogP contribution in [-0.2, 0) is 4.74 Å². The molecular formula is C9H19N3O2. The lowest BCUT2D eigenvalue weighted by atomic mass is 10.2. The zero-order chi connectivity index (χ0) is 10.4. The second kappa shape index (κ2) is 5.82. The van der Waals surface area contributed by atoms with Crippen molar-refractivity contribution in [3.05, 3.63) is 0 Å². The van der Waals surface area contributed by atoms with Crippen molar-refractivity contribution in [3.63, 3.8) is 0 Å². The first-order valence-electron chi connectivity index (χ1n) is 5.00. The van der Waals surface area contributed by atoms with E-state index in [2.05, 4.69) is 10.1 Å². The van der Waals surface area contributed by atoms with Crippen LogP contribution in [0.25, 0.3) is 0 Å². The van der Waals surface area contributed by atoms with Crippen molar-refractivity contribution in [2.75, 3.05) is 26.8 Å². The molecule has 1 saturated heterocycles. The van der Waals surface area contributed by atoms with Gasteiger partial charge in [-0.2, -0.15) is 0 Å². The van der Waals surface area contributed by atoms with E-state index in [4.69, 9.17) is 15.7 Å². The Morgan fingerprint density at radius 3 is 3.14 bits per heavy atom. The Morgan fingerprint density at radius 2 is 2.50 bits per heavy atom. The van der Waals surface area contributed by atoms with E-state index >= 15 is 0 Å². The molecule has 3 N–H and O–H groups in total. The summed E-state index contributed by atoms with van der Waals surface area (Å²) in [6, 6.07) is 0.122. The van der Waals surface area contributed by atoms with Crippen LogP contribution in [0.3, 0.4) is 0 Å². The van der Waals surface area contributed by atoms with E-state index in [0.29, 0.717) is 5.84 Å². The number of nitrogens with two attached hydrogens (primary N) is 1. The van der Waals surface area contributed by atoms with Crippen molar-refractivity contribution in [1.82, 2.24) is 4.90 Å². The summed E-state index contributed by atoms with van der Waals surface area (Å²) in [5.41, 5.74) is 5.60. The van der Waals surface area contributed by atoms with Crippen molar-refractivity contribution in [2.45, 2.75) is 25.3 Å². The summed E-state index contributed by atoms with van der Waals surface area (Å²) in [5, 5.41) is 11.7. The van der Waals surface area contributed by atoms with Gasteiger partial charge >= 0.3 is 0 Å². The van der Waals surface area contributed by atoms with Crippen molar-refractivity contribution >= 4 is 5.84 Å². The number of amidine groups is 1. The Balaban J connectivity index is 2.35. The molecule has 82 valence electrons. The van der Waals surface area contributed by atoms with E-state index in [-0.39, 0.29) is 6.04 Å². The van der Waals surface area contributed by atoms with E-state index in [9.17, 15) is 0 Å². The van der Waals surface area contributed by atoms with Gasteiger partial charge in [0.05, 0.1) is 6.04 Å².